The number of benzene rings is 2. The Balaban J connectivity index is 1.59. The average Bonchev–Trinajstić information content (AvgIpc) is 2.86. The van der Waals surface area contributed by atoms with Crippen molar-refractivity contribution in [2.45, 2.75) is 38.0 Å². The van der Waals surface area contributed by atoms with Crippen LogP contribution in [0.3, 0.4) is 0 Å². The van der Waals surface area contributed by atoms with E-state index in [1.165, 1.54) is 29.2 Å². The van der Waals surface area contributed by atoms with Crippen molar-refractivity contribution in [2.24, 2.45) is 11.8 Å². The Labute approximate surface area is 190 Å². The predicted octanol–water partition coefficient (Wildman–Crippen LogP) is 7.30. The molecule has 0 amide bonds. The Hall–Kier alpha value is -3.33. The van der Waals surface area contributed by atoms with Crippen LogP contribution < -0.4 is 0 Å². The van der Waals surface area contributed by atoms with Gasteiger partial charge in [0.05, 0.1) is 0 Å². The highest BCUT2D eigenvalue weighted by atomic mass is 15.0. The highest BCUT2D eigenvalue weighted by Crippen LogP contribution is 2.40. The Bertz CT molecular complexity index is 1220. The van der Waals surface area contributed by atoms with E-state index in [2.05, 4.69) is 73.9 Å². The standard InChI is InChI=1S/C29H29N3/c1-3-9-20(4-2)27-30-28(25-16-14-21-10-5-7-12-23(21)18-25)32-29(31-27)26-17-15-22-11-6-8-13-24(22)19-26/h3-7,10-12,14,16-18,20,22,24H,1-2,8-9,13,15,19H2/t20?,22?,24-/m0/s1. The van der Waals surface area contributed by atoms with Crippen LogP contribution in [0.5, 0.6) is 0 Å². The van der Waals surface area contributed by atoms with E-state index in [-0.39, 0.29) is 5.92 Å². The monoisotopic (exact) mass is 419 g/mol. The molecule has 0 saturated carbocycles. The van der Waals surface area contributed by atoms with E-state index in [9.17, 15) is 0 Å². The molecule has 2 unspecified atom stereocenters. The van der Waals surface area contributed by atoms with Crippen molar-refractivity contribution in [2.75, 3.05) is 0 Å². The molecule has 2 aromatic carbocycles. The smallest absolute Gasteiger partial charge is 0.163 e. The molecule has 1 heterocycles. The minimum absolute atomic E-state index is 0.0306. The lowest BCUT2D eigenvalue weighted by Crippen LogP contribution is -2.20. The molecule has 0 saturated heterocycles. The van der Waals surface area contributed by atoms with Crippen LogP contribution in [0.25, 0.3) is 27.7 Å². The molecule has 32 heavy (non-hydrogen) atoms. The first-order valence-electron chi connectivity index (χ1n) is 11.6. The normalized spacial score (nSPS) is 20.9. The number of fused-ring (bicyclic) bond motifs is 2. The van der Waals surface area contributed by atoms with Crippen molar-refractivity contribution in [3.8, 4) is 11.4 Å². The van der Waals surface area contributed by atoms with Gasteiger partial charge in [-0.25, -0.2) is 15.0 Å². The second-order valence-electron chi connectivity index (χ2n) is 8.87. The summed E-state index contributed by atoms with van der Waals surface area (Å²) in [6.07, 6.45) is 16.2. The van der Waals surface area contributed by atoms with Crippen molar-refractivity contribution in [3.63, 3.8) is 0 Å². The fourth-order valence-corrected chi connectivity index (χ4v) is 4.95. The third kappa shape index (κ3) is 4.08. The fraction of sp³-hybridized carbons (Fsp3) is 0.276. The summed E-state index contributed by atoms with van der Waals surface area (Å²) in [4.78, 5) is 14.8. The summed E-state index contributed by atoms with van der Waals surface area (Å²) in [6, 6.07) is 14.8. The molecule has 0 bridgehead atoms. The van der Waals surface area contributed by atoms with E-state index in [4.69, 9.17) is 15.0 Å². The zero-order valence-electron chi connectivity index (χ0n) is 18.5. The predicted molar refractivity (Wildman–Crippen MR) is 133 cm³/mol. The highest BCUT2D eigenvalue weighted by molar-refractivity contribution is 5.86. The molecule has 1 aromatic heterocycles. The minimum atomic E-state index is 0.0306. The van der Waals surface area contributed by atoms with Gasteiger partial charge in [0.15, 0.2) is 11.6 Å². The molecule has 2 aliphatic carbocycles. The van der Waals surface area contributed by atoms with Crippen LogP contribution in [-0.2, 0) is 0 Å². The summed E-state index contributed by atoms with van der Waals surface area (Å²) in [5, 5.41) is 2.40. The van der Waals surface area contributed by atoms with Crippen molar-refractivity contribution >= 4 is 16.3 Å². The molecule has 0 spiro atoms. The number of nitrogens with zero attached hydrogens (tertiary/aromatic N) is 3. The number of hydrogen-bond acceptors (Lipinski definition) is 3. The molecule has 0 radical (unpaired) electrons. The van der Waals surface area contributed by atoms with Crippen molar-refractivity contribution in [3.05, 3.63) is 97.7 Å². The molecule has 0 aliphatic heterocycles. The van der Waals surface area contributed by atoms with Crippen LogP contribution in [0, 0.1) is 11.8 Å². The van der Waals surface area contributed by atoms with E-state index < -0.39 is 0 Å². The van der Waals surface area contributed by atoms with E-state index in [1.807, 2.05) is 12.2 Å². The van der Waals surface area contributed by atoms with E-state index in [0.29, 0.717) is 11.8 Å². The van der Waals surface area contributed by atoms with Gasteiger partial charge in [0.1, 0.15) is 5.82 Å². The molecule has 3 atom stereocenters. The minimum Gasteiger partial charge on any atom is -0.213 e. The van der Waals surface area contributed by atoms with E-state index in [1.54, 1.807) is 0 Å². The summed E-state index contributed by atoms with van der Waals surface area (Å²) in [6.45, 7) is 7.93. The Kier molecular flexibility index (Phi) is 5.81. The molecular formula is C29H29N3. The molecule has 3 aromatic rings. The molecule has 5 rings (SSSR count). The van der Waals surface area contributed by atoms with Gasteiger partial charge < -0.3 is 0 Å². The van der Waals surface area contributed by atoms with Crippen molar-refractivity contribution in [1.82, 2.24) is 15.0 Å². The lowest BCUT2D eigenvalue weighted by atomic mass is 9.74. The Morgan fingerprint density at radius 3 is 2.69 bits per heavy atom. The largest absolute Gasteiger partial charge is 0.213 e. The molecule has 3 nitrogen and oxygen atoms in total. The van der Waals surface area contributed by atoms with Gasteiger partial charge in [-0.2, -0.15) is 0 Å². The maximum atomic E-state index is 4.98. The van der Waals surface area contributed by atoms with E-state index >= 15 is 0 Å². The van der Waals surface area contributed by atoms with Gasteiger partial charge in [0, 0.05) is 11.5 Å². The Morgan fingerprint density at radius 2 is 1.84 bits per heavy atom. The van der Waals surface area contributed by atoms with Gasteiger partial charge in [-0.15, -0.1) is 13.2 Å². The van der Waals surface area contributed by atoms with Crippen molar-refractivity contribution < 1.29 is 0 Å². The quantitative estimate of drug-likeness (QED) is 0.394. The number of rotatable bonds is 6. The molecule has 160 valence electrons. The van der Waals surface area contributed by atoms with Crippen LogP contribution in [0.1, 0.15) is 49.7 Å². The third-order valence-electron chi connectivity index (χ3n) is 6.80. The van der Waals surface area contributed by atoms with Gasteiger partial charge in [0.25, 0.3) is 0 Å². The van der Waals surface area contributed by atoms with Crippen LogP contribution in [0.2, 0.25) is 0 Å². The molecule has 2 aliphatic rings. The maximum absolute atomic E-state index is 4.98. The van der Waals surface area contributed by atoms with Crippen LogP contribution in [0.15, 0.2) is 86.0 Å². The van der Waals surface area contributed by atoms with Crippen LogP contribution in [-0.4, -0.2) is 15.0 Å². The topological polar surface area (TPSA) is 38.7 Å². The first-order valence-corrected chi connectivity index (χ1v) is 11.6. The zero-order chi connectivity index (χ0) is 21.9. The lowest BCUT2D eigenvalue weighted by Gasteiger charge is -2.31. The first kappa shape index (κ1) is 20.6. The van der Waals surface area contributed by atoms with Crippen LogP contribution >= 0.6 is 0 Å². The summed E-state index contributed by atoms with van der Waals surface area (Å²) < 4.78 is 0. The molecular weight excluding hydrogens is 390 g/mol. The summed E-state index contributed by atoms with van der Waals surface area (Å²) in [7, 11) is 0. The van der Waals surface area contributed by atoms with Gasteiger partial charge in [-0.05, 0) is 66.4 Å². The van der Waals surface area contributed by atoms with Gasteiger partial charge >= 0.3 is 0 Å². The molecule has 3 heteroatoms. The average molecular weight is 420 g/mol. The summed E-state index contributed by atoms with van der Waals surface area (Å²) >= 11 is 0. The number of hydrogen-bond donors (Lipinski definition) is 0. The third-order valence-corrected chi connectivity index (χ3v) is 6.80. The fourth-order valence-electron chi connectivity index (χ4n) is 4.95. The lowest BCUT2D eigenvalue weighted by molar-refractivity contribution is 0.353. The molecule has 0 N–H and O–H groups in total. The Morgan fingerprint density at radius 1 is 1.00 bits per heavy atom. The summed E-state index contributed by atoms with van der Waals surface area (Å²) in [5.41, 5.74) is 2.28. The second kappa shape index (κ2) is 9.04. The highest BCUT2D eigenvalue weighted by Gasteiger charge is 2.28. The van der Waals surface area contributed by atoms with Gasteiger partial charge in [-0.1, -0.05) is 66.8 Å². The maximum Gasteiger partial charge on any atom is 0.163 e. The molecule has 0 fully saturated rings. The number of aromatic nitrogens is 3. The number of allylic oxidation sites excluding steroid dienone is 6. The van der Waals surface area contributed by atoms with E-state index in [0.717, 1.165) is 42.3 Å². The van der Waals surface area contributed by atoms with Gasteiger partial charge in [-0.3, -0.25) is 0 Å². The van der Waals surface area contributed by atoms with Crippen molar-refractivity contribution in [1.29, 1.82) is 0 Å². The zero-order valence-corrected chi connectivity index (χ0v) is 18.5. The summed E-state index contributed by atoms with van der Waals surface area (Å²) in [5.74, 6) is 3.71. The van der Waals surface area contributed by atoms with Crippen LogP contribution in [0.4, 0.5) is 0 Å². The van der Waals surface area contributed by atoms with Gasteiger partial charge in [0.2, 0.25) is 0 Å². The second-order valence-corrected chi connectivity index (χ2v) is 8.87. The first-order chi connectivity index (χ1) is 15.7. The SMILES string of the molecule is C=CCC(C=C)c1nc(C2=CCC3C=CCC[C@H]3C2)nc(-c2ccc3ccccc3c2)n1.